The summed E-state index contributed by atoms with van der Waals surface area (Å²) in [7, 11) is 0. The number of carbonyl (C=O) groups is 1. The number of carbonyl (C=O) groups excluding carboxylic acids is 1. The molecule has 2 aromatic rings. The highest BCUT2D eigenvalue weighted by Gasteiger charge is 2.20. The van der Waals surface area contributed by atoms with Crippen molar-refractivity contribution in [2.45, 2.75) is 26.2 Å². The normalized spacial score (nSPS) is 17.4. The molecule has 0 saturated heterocycles. The van der Waals surface area contributed by atoms with Gasteiger partial charge in [0.05, 0.1) is 5.69 Å². The number of nitrogens with zero attached hydrogens (tertiary/aromatic N) is 1. The van der Waals surface area contributed by atoms with Gasteiger partial charge in [0.1, 0.15) is 0 Å². The molecule has 0 saturated carbocycles. The van der Waals surface area contributed by atoms with E-state index in [2.05, 4.69) is 22.5 Å². The number of fused-ring (bicyclic) bond motifs is 1. The molecule has 1 aromatic carbocycles. The van der Waals surface area contributed by atoms with Crippen LogP contribution in [0, 0.1) is 5.92 Å². The summed E-state index contributed by atoms with van der Waals surface area (Å²) in [6.45, 7) is 2.26. The van der Waals surface area contributed by atoms with Gasteiger partial charge in [0, 0.05) is 10.6 Å². The average Bonchev–Trinajstić information content (AvgIpc) is 2.80. The summed E-state index contributed by atoms with van der Waals surface area (Å²) >= 11 is 1.59. The summed E-state index contributed by atoms with van der Waals surface area (Å²) in [6.07, 6.45) is 3.29. The quantitative estimate of drug-likeness (QED) is 0.879. The Morgan fingerprint density at radius 2 is 2.10 bits per heavy atom. The highest BCUT2D eigenvalue weighted by Crippen LogP contribution is 2.32. The molecule has 5 heteroatoms. The third kappa shape index (κ3) is 2.99. The molecule has 1 aliphatic carbocycles. The fraction of sp³-hybridized carbons (Fsp3) is 0.333. The minimum absolute atomic E-state index is 0.240. The largest absolute Gasteiger partial charge is 0.325 e. The standard InChI is InChI=1S/C15H17N3OS/c1-10-7-8-12-13(9-10)20-15(17-12)18-14(19)16-11-5-3-2-4-6-11/h2-6,10H,7-9H2,1H3,(H2,16,17,18,19). The summed E-state index contributed by atoms with van der Waals surface area (Å²) in [4.78, 5) is 17.7. The summed E-state index contributed by atoms with van der Waals surface area (Å²) < 4.78 is 0. The number of benzene rings is 1. The summed E-state index contributed by atoms with van der Waals surface area (Å²) in [5, 5.41) is 6.31. The van der Waals surface area contributed by atoms with E-state index in [1.165, 1.54) is 11.3 Å². The maximum atomic E-state index is 11.9. The van der Waals surface area contributed by atoms with Crippen LogP contribution >= 0.6 is 11.3 Å². The number of aromatic nitrogens is 1. The van der Waals surface area contributed by atoms with Gasteiger partial charge in [-0.05, 0) is 37.3 Å². The number of amides is 2. The Hall–Kier alpha value is -1.88. The molecule has 0 fully saturated rings. The van der Waals surface area contributed by atoms with Crippen LogP contribution in [0.15, 0.2) is 30.3 Å². The highest BCUT2D eigenvalue weighted by molar-refractivity contribution is 7.15. The van der Waals surface area contributed by atoms with Crippen LogP contribution in [0.3, 0.4) is 0 Å². The zero-order valence-corrected chi connectivity index (χ0v) is 12.2. The molecule has 20 heavy (non-hydrogen) atoms. The van der Waals surface area contributed by atoms with Gasteiger partial charge in [0.15, 0.2) is 5.13 Å². The molecular weight excluding hydrogens is 270 g/mol. The van der Waals surface area contributed by atoms with Gasteiger partial charge in [-0.1, -0.05) is 25.1 Å². The first-order valence-electron chi connectivity index (χ1n) is 6.82. The van der Waals surface area contributed by atoms with Crippen molar-refractivity contribution in [2.24, 2.45) is 5.92 Å². The molecule has 104 valence electrons. The van der Waals surface area contributed by atoms with Gasteiger partial charge < -0.3 is 5.32 Å². The number of nitrogens with one attached hydrogen (secondary N) is 2. The van der Waals surface area contributed by atoms with E-state index in [0.29, 0.717) is 11.0 Å². The van der Waals surface area contributed by atoms with Crippen LogP contribution in [0.1, 0.15) is 23.9 Å². The van der Waals surface area contributed by atoms with E-state index < -0.39 is 0 Å². The molecule has 1 heterocycles. The molecule has 1 unspecified atom stereocenters. The van der Waals surface area contributed by atoms with Crippen LogP contribution in [0.5, 0.6) is 0 Å². The number of para-hydroxylation sites is 1. The topological polar surface area (TPSA) is 54.0 Å². The van der Waals surface area contributed by atoms with E-state index >= 15 is 0 Å². The van der Waals surface area contributed by atoms with Gasteiger partial charge in [-0.15, -0.1) is 11.3 Å². The Labute approximate surface area is 122 Å². The van der Waals surface area contributed by atoms with Crippen LogP contribution in [-0.4, -0.2) is 11.0 Å². The van der Waals surface area contributed by atoms with E-state index in [4.69, 9.17) is 0 Å². The van der Waals surface area contributed by atoms with Crippen LogP contribution < -0.4 is 10.6 Å². The molecule has 0 radical (unpaired) electrons. The van der Waals surface area contributed by atoms with Crippen molar-refractivity contribution in [2.75, 3.05) is 10.6 Å². The van der Waals surface area contributed by atoms with Crippen molar-refractivity contribution >= 4 is 28.2 Å². The van der Waals surface area contributed by atoms with Gasteiger partial charge in [0.25, 0.3) is 0 Å². The second-order valence-corrected chi connectivity index (χ2v) is 6.27. The molecule has 0 aliphatic heterocycles. The lowest BCUT2D eigenvalue weighted by atomic mass is 9.93. The Morgan fingerprint density at radius 1 is 1.30 bits per heavy atom. The van der Waals surface area contributed by atoms with Crippen molar-refractivity contribution in [3.05, 3.63) is 40.9 Å². The molecule has 0 spiro atoms. The van der Waals surface area contributed by atoms with E-state index in [-0.39, 0.29) is 6.03 Å². The van der Waals surface area contributed by atoms with Crippen molar-refractivity contribution in [3.63, 3.8) is 0 Å². The third-order valence-corrected chi connectivity index (χ3v) is 4.47. The van der Waals surface area contributed by atoms with Crippen LogP contribution in [0.4, 0.5) is 15.6 Å². The molecule has 0 bridgehead atoms. The zero-order valence-electron chi connectivity index (χ0n) is 11.3. The van der Waals surface area contributed by atoms with Crippen molar-refractivity contribution in [3.8, 4) is 0 Å². The Balaban J connectivity index is 1.65. The van der Waals surface area contributed by atoms with Crippen molar-refractivity contribution < 1.29 is 4.79 Å². The van der Waals surface area contributed by atoms with Crippen LogP contribution in [0.2, 0.25) is 0 Å². The SMILES string of the molecule is CC1CCc2nc(NC(=O)Nc3ccccc3)sc2C1. The third-order valence-electron chi connectivity index (χ3n) is 3.44. The van der Waals surface area contributed by atoms with Crippen molar-refractivity contribution in [1.29, 1.82) is 0 Å². The van der Waals surface area contributed by atoms with Gasteiger partial charge in [-0.25, -0.2) is 9.78 Å². The number of hydrogen-bond acceptors (Lipinski definition) is 3. The summed E-state index contributed by atoms with van der Waals surface area (Å²) in [5.74, 6) is 0.717. The number of anilines is 2. The number of hydrogen-bond donors (Lipinski definition) is 2. The molecule has 1 aromatic heterocycles. The number of aryl methyl sites for hydroxylation is 1. The van der Waals surface area contributed by atoms with E-state index in [1.54, 1.807) is 11.3 Å². The number of thiazole rings is 1. The average molecular weight is 287 g/mol. The van der Waals surface area contributed by atoms with E-state index in [1.807, 2.05) is 30.3 Å². The second-order valence-electron chi connectivity index (χ2n) is 5.18. The van der Waals surface area contributed by atoms with Gasteiger partial charge in [-0.3, -0.25) is 5.32 Å². The monoisotopic (exact) mass is 287 g/mol. The summed E-state index contributed by atoms with van der Waals surface area (Å²) in [6, 6.07) is 9.16. The maximum Gasteiger partial charge on any atom is 0.325 e. The first-order valence-corrected chi connectivity index (χ1v) is 7.64. The fourth-order valence-corrected chi connectivity index (χ4v) is 3.54. The molecule has 1 atom stereocenters. The van der Waals surface area contributed by atoms with Gasteiger partial charge >= 0.3 is 6.03 Å². The molecule has 2 amide bonds. The minimum Gasteiger partial charge on any atom is -0.308 e. The molecule has 4 nitrogen and oxygen atoms in total. The highest BCUT2D eigenvalue weighted by atomic mass is 32.1. The first-order chi connectivity index (χ1) is 9.70. The predicted octanol–water partition coefficient (Wildman–Crippen LogP) is 3.91. The van der Waals surface area contributed by atoms with Gasteiger partial charge in [-0.2, -0.15) is 0 Å². The van der Waals surface area contributed by atoms with Crippen LogP contribution in [-0.2, 0) is 12.8 Å². The van der Waals surface area contributed by atoms with E-state index in [9.17, 15) is 4.79 Å². The Kier molecular flexibility index (Phi) is 3.69. The lowest BCUT2D eigenvalue weighted by Crippen LogP contribution is -2.19. The molecular formula is C15H17N3OS. The predicted molar refractivity (Wildman–Crippen MR) is 82.4 cm³/mol. The lowest BCUT2D eigenvalue weighted by molar-refractivity contribution is 0.262. The van der Waals surface area contributed by atoms with Gasteiger partial charge in [0.2, 0.25) is 0 Å². The van der Waals surface area contributed by atoms with Crippen molar-refractivity contribution in [1.82, 2.24) is 4.98 Å². The lowest BCUT2D eigenvalue weighted by Gasteiger charge is -2.15. The smallest absolute Gasteiger partial charge is 0.308 e. The first kappa shape index (κ1) is 13.1. The minimum atomic E-state index is -0.240. The van der Waals surface area contributed by atoms with E-state index in [0.717, 1.165) is 24.2 Å². The number of rotatable bonds is 2. The Morgan fingerprint density at radius 3 is 2.90 bits per heavy atom. The number of urea groups is 1. The second kappa shape index (κ2) is 5.63. The maximum absolute atomic E-state index is 11.9. The zero-order chi connectivity index (χ0) is 13.9. The molecule has 2 N–H and O–H groups in total. The summed E-state index contributed by atoms with van der Waals surface area (Å²) in [5.41, 5.74) is 1.93. The Bertz CT molecular complexity index is 609. The molecule has 3 rings (SSSR count). The van der Waals surface area contributed by atoms with Crippen LogP contribution in [0.25, 0.3) is 0 Å². The molecule has 1 aliphatic rings. The fourth-order valence-electron chi connectivity index (χ4n) is 2.37.